The third kappa shape index (κ3) is 4.56. The smallest absolute Gasteiger partial charge is 0.306 e. The Morgan fingerprint density at radius 3 is 2.77 bits per heavy atom. The van der Waals surface area contributed by atoms with Gasteiger partial charge >= 0.3 is 5.97 Å². The van der Waals surface area contributed by atoms with Crippen molar-refractivity contribution in [3.05, 3.63) is 64.3 Å². The van der Waals surface area contributed by atoms with Crippen molar-refractivity contribution in [3.8, 4) is 0 Å². The Kier molecular flexibility index (Phi) is 5.81. The molecule has 3 rings (SSSR count). The molecule has 0 aliphatic rings. The fourth-order valence-corrected chi connectivity index (χ4v) is 2.91. The lowest BCUT2D eigenvalue weighted by Gasteiger charge is -2.08. The number of hydrogen-bond donors (Lipinski definition) is 2. The number of anilines is 1. The average Bonchev–Trinajstić information content (AvgIpc) is 3.04. The second kappa shape index (κ2) is 8.25. The summed E-state index contributed by atoms with van der Waals surface area (Å²) in [4.78, 5) is 26.9. The van der Waals surface area contributed by atoms with Gasteiger partial charge in [-0.25, -0.2) is 0 Å². The maximum absolute atomic E-state index is 11.9. The summed E-state index contributed by atoms with van der Waals surface area (Å²) in [5.41, 5.74) is 2.43. The summed E-state index contributed by atoms with van der Waals surface area (Å²) in [6, 6.07) is 12.6. The van der Waals surface area contributed by atoms with E-state index in [0.29, 0.717) is 22.2 Å². The third-order valence-corrected chi connectivity index (χ3v) is 4.40. The number of amides is 1. The van der Waals surface area contributed by atoms with Crippen LogP contribution >= 0.6 is 23.2 Å². The number of esters is 1. The zero-order valence-corrected chi connectivity index (χ0v) is 15.2. The predicted molar refractivity (Wildman–Crippen MR) is 103 cm³/mol. The molecule has 5 nitrogen and oxygen atoms in total. The highest BCUT2D eigenvalue weighted by Crippen LogP contribution is 2.25. The van der Waals surface area contributed by atoms with E-state index in [-0.39, 0.29) is 13.0 Å². The molecule has 0 spiro atoms. The van der Waals surface area contributed by atoms with Gasteiger partial charge < -0.3 is 15.0 Å². The lowest BCUT2D eigenvalue weighted by atomic mass is 10.1. The normalized spacial score (nSPS) is 10.7. The first-order valence-electron chi connectivity index (χ1n) is 7.98. The van der Waals surface area contributed by atoms with E-state index in [1.165, 1.54) is 6.07 Å². The molecule has 26 heavy (non-hydrogen) atoms. The molecule has 0 fully saturated rings. The Morgan fingerprint density at radius 2 is 1.92 bits per heavy atom. The van der Waals surface area contributed by atoms with E-state index in [9.17, 15) is 9.59 Å². The van der Waals surface area contributed by atoms with Crippen molar-refractivity contribution >= 4 is 51.7 Å². The molecule has 0 radical (unpaired) electrons. The number of ether oxygens (including phenoxy) is 1. The van der Waals surface area contributed by atoms with Gasteiger partial charge in [0, 0.05) is 28.5 Å². The molecule has 0 bridgehead atoms. The molecule has 1 aromatic heterocycles. The third-order valence-electron chi connectivity index (χ3n) is 3.84. The zero-order chi connectivity index (χ0) is 18.5. The minimum atomic E-state index is -0.477. The van der Waals surface area contributed by atoms with Crippen molar-refractivity contribution in [1.82, 2.24) is 4.98 Å². The first-order chi connectivity index (χ1) is 12.5. The van der Waals surface area contributed by atoms with Crippen molar-refractivity contribution in [2.24, 2.45) is 0 Å². The molecule has 2 aromatic carbocycles. The van der Waals surface area contributed by atoms with E-state index in [4.69, 9.17) is 27.9 Å². The van der Waals surface area contributed by atoms with Gasteiger partial charge in [0.25, 0.3) is 5.91 Å². The quantitative estimate of drug-likeness (QED) is 0.604. The van der Waals surface area contributed by atoms with Crippen molar-refractivity contribution in [2.75, 3.05) is 11.9 Å². The Morgan fingerprint density at radius 1 is 1.12 bits per heavy atom. The van der Waals surface area contributed by atoms with Crippen LogP contribution in [0, 0.1) is 0 Å². The molecule has 0 saturated heterocycles. The summed E-state index contributed by atoms with van der Waals surface area (Å²) < 4.78 is 5.02. The largest absolute Gasteiger partial charge is 0.456 e. The monoisotopic (exact) mass is 390 g/mol. The molecule has 1 heterocycles. The van der Waals surface area contributed by atoms with Crippen molar-refractivity contribution < 1.29 is 14.3 Å². The van der Waals surface area contributed by atoms with Gasteiger partial charge in [-0.2, -0.15) is 0 Å². The summed E-state index contributed by atoms with van der Waals surface area (Å²) in [5.74, 6) is -0.919. The number of aromatic nitrogens is 1. The van der Waals surface area contributed by atoms with Crippen molar-refractivity contribution in [3.63, 3.8) is 0 Å². The van der Waals surface area contributed by atoms with Gasteiger partial charge in [0.05, 0.1) is 10.7 Å². The van der Waals surface area contributed by atoms with Crippen LogP contribution in [-0.4, -0.2) is 23.5 Å². The second-order valence-corrected chi connectivity index (χ2v) is 6.54. The Balaban J connectivity index is 1.48. The molecule has 0 saturated carbocycles. The van der Waals surface area contributed by atoms with E-state index in [1.807, 2.05) is 30.5 Å². The van der Waals surface area contributed by atoms with Crippen LogP contribution < -0.4 is 5.32 Å². The van der Waals surface area contributed by atoms with Crippen LogP contribution in [0.2, 0.25) is 10.0 Å². The Labute approximate surface area is 160 Å². The number of halogens is 2. The van der Waals surface area contributed by atoms with Gasteiger partial charge in [0.1, 0.15) is 0 Å². The topological polar surface area (TPSA) is 71.2 Å². The number of para-hydroxylation sites is 1. The van der Waals surface area contributed by atoms with E-state index in [2.05, 4.69) is 10.3 Å². The number of H-pyrrole nitrogens is 1. The molecule has 0 aliphatic heterocycles. The number of nitrogens with one attached hydrogen (secondary N) is 2. The second-order valence-electron chi connectivity index (χ2n) is 5.69. The molecule has 2 N–H and O–H groups in total. The molecule has 1 amide bonds. The fraction of sp³-hybridized carbons (Fsp3) is 0.158. The maximum atomic E-state index is 11.9. The van der Waals surface area contributed by atoms with E-state index < -0.39 is 11.9 Å². The van der Waals surface area contributed by atoms with Gasteiger partial charge in [0.2, 0.25) is 0 Å². The standard InChI is InChI=1S/C19H16Cl2N2O3/c20-13-6-7-15(21)17(9-13)23-18(24)11-26-19(25)8-5-12-10-22-16-4-2-1-3-14(12)16/h1-4,6-7,9-10,22H,5,8,11H2,(H,23,24). The van der Waals surface area contributed by atoms with Gasteiger partial charge in [-0.1, -0.05) is 41.4 Å². The van der Waals surface area contributed by atoms with Crippen LogP contribution in [0.5, 0.6) is 0 Å². The van der Waals surface area contributed by atoms with Crippen LogP contribution in [0.3, 0.4) is 0 Å². The Hall–Kier alpha value is -2.50. The zero-order valence-electron chi connectivity index (χ0n) is 13.7. The van der Waals surface area contributed by atoms with Gasteiger partial charge in [0.15, 0.2) is 6.61 Å². The molecule has 7 heteroatoms. The molecular formula is C19H16Cl2N2O3. The number of fused-ring (bicyclic) bond motifs is 1. The van der Waals surface area contributed by atoms with Gasteiger partial charge in [-0.3, -0.25) is 9.59 Å². The predicted octanol–water partition coefficient (Wildman–Crippen LogP) is 4.59. The highest BCUT2D eigenvalue weighted by atomic mass is 35.5. The van der Waals surface area contributed by atoms with Crippen LogP contribution in [0.15, 0.2) is 48.7 Å². The van der Waals surface area contributed by atoms with E-state index >= 15 is 0 Å². The molecular weight excluding hydrogens is 375 g/mol. The summed E-state index contributed by atoms with van der Waals surface area (Å²) in [6.07, 6.45) is 2.60. The minimum Gasteiger partial charge on any atom is -0.456 e. The van der Waals surface area contributed by atoms with E-state index in [0.717, 1.165) is 16.5 Å². The van der Waals surface area contributed by atoms with Crippen LogP contribution in [0.25, 0.3) is 10.9 Å². The number of hydrogen-bond acceptors (Lipinski definition) is 3. The summed E-state index contributed by atoms with van der Waals surface area (Å²) in [7, 11) is 0. The maximum Gasteiger partial charge on any atom is 0.306 e. The van der Waals surface area contributed by atoms with Gasteiger partial charge in [-0.05, 0) is 36.2 Å². The number of carbonyl (C=O) groups is 2. The van der Waals surface area contributed by atoms with Crippen molar-refractivity contribution in [1.29, 1.82) is 0 Å². The number of benzene rings is 2. The lowest BCUT2D eigenvalue weighted by molar-refractivity contribution is -0.147. The highest BCUT2D eigenvalue weighted by molar-refractivity contribution is 6.35. The summed E-state index contributed by atoms with van der Waals surface area (Å²) >= 11 is 11.8. The first-order valence-corrected chi connectivity index (χ1v) is 8.74. The molecule has 0 unspecified atom stereocenters. The molecule has 0 atom stereocenters. The fourth-order valence-electron chi connectivity index (χ4n) is 2.57. The van der Waals surface area contributed by atoms with Crippen LogP contribution in [-0.2, 0) is 20.7 Å². The number of rotatable bonds is 6. The SMILES string of the molecule is O=C(COC(=O)CCc1c[nH]c2ccccc12)Nc1cc(Cl)ccc1Cl. The first kappa shape index (κ1) is 18.3. The lowest BCUT2D eigenvalue weighted by Crippen LogP contribution is -2.21. The van der Waals surface area contributed by atoms with Crippen LogP contribution in [0.4, 0.5) is 5.69 Å². The number of aryl methyl sites for hydroxylation is 1. The average molecular weight is 391 g/mol. The van der Waals surface area contributed by atoms with Crippen molar-refractivity contribution in [2.45, 2.75) is 12.8 Å². The van der Waals surface area contributed by atoms with E-state index in [1.54, 1.807) is 12.1 Å². The summed E-state index contributed by atoms with van der Waals surface area (Å²) in [6.45, 7) is -0.379. The summed E-state index contributed by atoms with van der Waals surface area (Å²) in [5, 5.41) is 4.44. The number of aromatic amines is 1. The van der Waals surface area contributed by atoms with Gasteiger partial charge in [-0.15, -0.1) is 0 Å². The Bertz CT molecular complexity index is 953. The molecule has 0 aliphatic carbocycles. The molecule has 3 aromatic rings. The minimum absolute atomic E-state index is 0.188. The highest BCUT2D eigenvalue weighted by Gasteiger charge is 2.11. The molecule has 134 valence electrons. The number of carbonyl (C=O) groups excluding carboxylic acids is 2. The van der Waals surface area contributed by atoms with Crippen LogP contribution in [0.1, 0.15) is 12.0 Å².